The molecule has 5 atom stereocenters. The van der Waals surface area contributed by atoms with Crippen molar-refractivity contribution in [3.63, 3.8) is 0 Å². The molecule has 1 fully saturated rings. The van der Waals surface area contributed by atoms with Gasteiger partial charge in [0.2, 0.25) is 11.8 Å². The van der Waals surface area contributed by atoms with Gasteiger partial charge in [-0.3, -0.25) is 18.6 Å². The van der Waals surface area contributed by atoms with Gasteiger partial charge in [-0.15, -0.1) is 5.10 Å². The minimum absolute atomic E-state index is 0.0102. The molecule has 2 aliphatic rings. The highest BCUT2D eigenvalue weighted by atomic mass is 31.2. The largest absolute Gasteiger partial charge is 0.472 e. The molecule has 1 saturated heterocycles. The first-order valence-electron chi connectivity index (χ1n) is 19.8. The van der Waals surface area contributed by atoms with Crippen LogP contribution in [0.5, 0.6) is 0 Å². The molecule has 310 valence electrons. The molecule has 0 bridgehead atoms. The number of benzene rings is 2. The van der Waals surface area contributed by atoms with E-state index in [0.29, 0.717) is 56.6 Å². The molecule has 2 radical (unpaired) electrons. The molecule has 5 rings (SSSR count). The number of aromatic nitrogens is 3. The predicted molar refractivity (Wildman–Crippen MR) is 214 cm³/mol. The third-order valence-electron chi connectivity index (χ3n) is 10.0. The number of nitrogens with one attached hydrogen (secondary N) is 2. The van der Waals surface area contributed by atoms with Gasteiger partial charge >= 0.3 is 7.82 Å². The summed E-state index contributed by atoms with van der Waals surface area (Å²) in [7, 11) is 3.22. The van der Waals surface area contributed by atoms with Gasteiger partial charge in [0.15, 0.2) is 6.29 Å². The lowest BCUT2D eigenvalue weighted by atomic mass is 9.95. The van der Waals surface area contributed by atoms with Gasteiger partial charge in [0, 0.05) is 43.1 Å². The SMILES string of the molecule is [B][C@H]1CC(OP(=O)(O)OCCCCCCNC(=O)CCC(=O)N2Cc3ccccc3-c3c(nnn3CCCC(NC)C(O)O)-c3ccccc32)[C@@H](COC(C)C)O1. The second kappa shape index (κ2) is 21.5. The van der Waals surface area contributed by atoms with Crippen LogP contribution in [0.1, 0.15) is 77.2 Å². The Hall–Kier alpha value is -3.51. The van der Waals surface area contributed by atoms with E-state index in [0.717, 1.165) is 28.8 Å². The number of para-hydroxylation sites is 1. The van der Waals surface area contributed by atoms with Crippen LogP contribution in [0.4, 0.5) is 5.69 Å². The number of fused-ring (bicyclic) bond motifs is 5. The second-order valence-electron chi connectivity index (χ2n) is 14.7. The van der Waals surface area contributed by atoms with Gasteiger partial charge < -0.3 is 40.1 Å². The summed E-state index contributed by atoms with van der Waals surface area (Å²) in [6, 6.07) is 14.3. The molecule has 3 aromatic rings. The molecule has 2 aromatic carbocycles. The van der Waals surface area contributed by atoms with Crippen molar-refractivity contribution in [3.05, 3.63) is 54.1 Å². The van der Waals surface area contributed by atoms with Crippen LogP contribution in [0.15, 0.2) is 48.5 Å². The van der Waals surface area contributed by atoms with Gasteiger partial charge in [0.1, 0.15) is 19.6 Å². The van der Waals surface area contributed by atoms with Crippen LogP contribution in [0, 0.1) is 0 Å². The summed E-state index contributed by atoms with van der Waals surface area (Å²) in [4.78, 5) is 38.6. The molecule has 57 heavy (non-hydrogen) atoms. The predicted octanol–water partition coefficient (Wildman–Crippen LogP) is 3.81. The topological polar surface area (TPSA) is 207 Å². The molecule has 2 amide bonds. The van der Waals surface area contributed by atoms with Crippen molar-refractivity contribution < 1.29 is 47.8 Å². The smallest absolute Gasteiger partial charge is 0.380 e. The summed E-state index contributed by atoms with van der Waals surface area (Å²) in [5.41, 5.74) is 4.68. The summed E-state index contributed by atoms with van der Waals surface area (Å²) in [6.45, 7) is 5.21. The normalized spacial score (nSPS) is 19.4. The number of rotatable bonds is 22. The van der Waals surface area contributed by atoms with Crippen LogP contribution >= 0.6 is 7.82 Å². The number of hydrogen-bond donors (Lipinski definition) is 5. The van der Waals surface area contributed by atoms with Crippen molar-refractivity contribution in [1.29, 1.82) is 0 Å². The summed E-state index contributed by atoms with van der Waals surface area (Å²) in [6.07, 6.45) is 1.36. The van der Waals surface area contributed by atoms with Crippen molar-refractivity contribution in [2.45, 2.75) is 121 Å². The van der Waals surface area contributed by atoms with Crippen molar-refractivity contribution in [2.24, 2.45) is 0 Å². The zero-order chi connectivity index (χ0) is 41.0. The Balaban J connectivity index is 1.07. The van der Waals surface area contributed by atoms with E-state index < -0.39 is 38.4 Å². The minimum atomic E-state index is -4.32. The highest BCUT2D eigenvalue weighted by Crippen LogP contribution is 2.47. The number of anilines is 1. The summed E-state index contributed by atoms with van der Waals surface area (Å²) >= 11 is 0. The lowest BCUT2D eigenvalue weighted by Gasteiger charge is -2.28. The van der Waals surface area contributed by atoms with E-state index in [2.05, 4.69) is 20.9 Å². The number of phosphoric ester groups is 1. The molecule has 0 saturated carbocycles. The Morgan fingerprint density at radius 2 is 1.77 bits per heavy atom. The first-order valence-corrected chi connectivity index (χ1v) is 21.3. The zero-order valence-corrected chi connectivity index (χ0v) is 33.9. The number of phosphoric acid groups is 1. The van der Waals surface area contributed by atoms with Gasteiger partial charge in [-0.2, -0.15) is 0 Å². The number of nitrogens with zero attached hydrogens (tertiary/aromatic N) is 4. The van der Waals surface area contributed by atoms with E-state index >= 15 is 0 Å². The molecule has 18 heteroatoms. The van der Waals surface area contributed by atoms with E-state index in [4.69, 9.17) is 26.4 Å². The molecular weight excluding hydrogens is 754 g/mol. The Morgan fingerprint density at radius 3 is 2.53 bits per heavy atom. The summed E-state index contributed by atoms with van der Waals surface area (Å²) in [5, 5.41) is 34.2. The Morgan fingerprint density at radius 1 is 1.04 bits per heavy atom. The molecule has 16 nitrogen and oxygen atoms in total. The average Bonchev–Trinajstić information content (AvgIpc) is 3.75. The van der Waals surface area contributed by atoms with Gasteiger partial charge in [-0.1, -0.05) is 60.5 Å². The van der Waals surface area contributed by atoms with E-state index in [1.54, 1.807) is 11.9 Å². The first kappa shape index (κ1) is 44.6. The van der Waals surface area contributed by atoms with E-state index in [-0.39, 0.29) is 56.9 Å². The van der Waals surface area contributed by atoms with Crippen LogP contribution < -0.4 is 15.5 Å². The fourth-order valence-corrected chi connectivity index (χ4v) is 8.01. The van der Waals surface area contributed by atoms with Gasteiger partial charge in [-0.25, -0.2) is 9.25 Å². The standard InChI is InChI=1S/C39H56BN6O10P/c1-26(2)53-25-33-32(23-34(40)55-33)56-57(51,52)54-22-11-5-4-10-20-42-35(47)18-19-36(48)45-24-27-13-6-7-14-28(27)38-37(29-15-8-9-17-31(29)45)43-44-46(38)21-12-16-30(41-3)39(49)50/h6-9,13-15,17,26,30,32-34,39,41,49-50H,4-5,10-12,16,18-25H2,1-3H3,(H,42,47)(H,51,52)/t30?,32?,33-,34-/m1/s1. The van der Waals surface area contributed by atoms with Crippen LogP contribution in [0.2, 0.25) is 0 Å². The minimum Gasteiger partial charge on any atom is -0.380 e. The van der Waals surface area contributed by atoms with Crippen LogP contribution in [-0.4, -0.2) is 113 Å². The number of aliphatic hydroxyl groups is 2. The number of carbonyl (C=O) groups excluding carboxylic acids is 2. The van der Waals surface area contributed by atoms with Gasteiger partial charge in [-0.05, 0) is 64.6 Å². The first-order chi connectivity index (χ1) is 27.4. The number of amides is 2. The summed E-state index contributed by atoms with van der Waals surface area (Å²) < 4.78 is 36.0. The number of unbranched alkanes of at least 4 members (excludes halogenated alkanes) is 3. The van der Waals surface area contributed by atoms with E-state index in [9.17, 15) is 29.3 Å². The van der Waals surface area contributed by atoms with Crippen LogP contribution in [0.25, 0.3) is 22.5 Å². The average molecular weight is 811 g/mol. The third-order valence-corrected chi connectivity index (χ3v) is 11.1. The third kappa shape index (κ3) is 12.7. The number of ether oxygens (including phenoxy) is 2. The molecule has 0 spiro atoms. The molecule has 1 aromatic heterocycles. The maximum atomic E-state index is 13.9. The number of hydrogen-bond acceptors (Lipinski definition) is 12. The Bertz CT molecular complexity index is 1810. The molecule has 0 aliphatic carbocycles. The number of likely N-dealkylation sites (N-methyl/N-ethyl adjacent to an activating group) is 1. The van der Waals surface area contributed by atoms with Crippen molar-refractivity contribution >= 4 is 33.2 Å². The molecule has 2 aliphatic heterocycles. The molecule has 3 unspecified atom stereocenters. The lowest BCUT2D eigenvalue weighted by Crippen LogP contribution is -2.37. The number of carbonyl (C=O) groups is 2. The van der Waals surface area contributed by atoms with Crippen molar-refractivity contribution in [3.8, 4) is 22.5 Å². The zero-order valence-electron chi connectivity index (χ0n) is 33.0. The molecule has 5 N–H and O–H groups in total. The van der Waals surface area contributed by atoms with Gasteiger partial charge in [0.25, 0.3) is 0 Å². The fraction of sp³-hybridized carbons (Fsp3) is 0.590. The summed E-state index contributed by atoms with van der Waals surface area (Å²) in [5.74, 6) is -0.422. The maximum absolute atomic E-state index is 13.9. The van der Waals surface area contributed by atoms with Crippen molar-refractivity contribution in [2.75, 3.05) is 31.7 Å². The van der Waals surface area contributed by atoms with Crippen molar-refractivity contribution in [1.82, 2.24) is 25.6 Å². The van der Waals surface area contributed by atoms with E-state index in [1.165, 1.54) is 0 Å². The van der Waals surface area contributed by atoms with Crippen LogP contribution in [-0.2, 0) is 45.8 Å². The number of aryl methyl sites for hydroxylation is 1. The van der Waals surface area contributed by atoms with E-state index in [1.807, 2.05) is 67.1 Å². The molecular formula is C39H56BN6O10P. The number of aliphatic hydroxyl groups excluding tert-OH is 1. The monoisotopic (exact) mass is 810 g/mol. The quantitative estimate of drug-likeness (QED) is 0.0424. The fourth-order valence-electron chi connectivity index (χ4n) is 7.02. The highest BCUT2D eigenvalue weighted by molar-refractivity contribution is 7.47. The maximum Gasteiger partial charge on any atom is 0.472 e. The lowest BCUT2D eigenvalue weighted by molar-refractivity contribution is -0.125. The Kier molecular flexibility index (Phi) is 16.8. The second-order valence-corrected chi connectivity index (χ2v) is 16.1. The molecule has 3 heterocycles. The Labute approximate surface area is 335 Å². The highest BCUT2D eigenvalue weighted by Gasteiger charge is 2.39. The van der Waals surface area contributed by atoms with Crippen LogP contribution in [0.3, 0.4) is 0 Å². The van der Waals surface area contributed by atoms with Gasteiger partial charge in [0.05, 0.1) is 49.4 Å².